The summed E-state index contributed by atoms with van der Waals surface area (Å²) in [5.74, 6) is 0.125. The second-order valence-electron chi connectivity index (χ2n) is 7.06. The largest absolute Gasteiger partial charge is 0.497 e. The first kappa shape index (κ1) is 19.7. The van der Waals surface area contributed by atoms with Crippen molar-refractivity contribution < 1.29 is 23.8 Å². The Kier molecular flexibility index (Phi) is 5.85. The summed E-state index contributed by atoms with van der Waals surface area (Å²) in [6.45, 7) is 7.26. The topological polar surface area (TPSA) is 74.2 Å². The zero-order valence-corrected chi connectivity index (χ0v) is 15.9. The molecular formula is C20H25NO5. The predicted molar refractivity (Wildman–Crippen MR) is 98.2 cm³/mol. The number of nitrogens with zero attached hydrogens (tertiary/aromatic N) is 1. The van der Waals surface area contributed by atoms with Crippen molar-refractivity contribution in [2.24, 2.45) is 4.99 Å². The van der Waals surface area contributed by atoms with E-state index in [0.29, 0.717) is 17.7 Å². The molecule has 0 saturated heterocycles. The summed E-state index contributed by atoms with van der Waals surface area (Å²) >= 11 is 0. The SMILES string of the molecule is CC[C@]1(C/C=C/C(=O)OC(C)(C)C)N=C(c2ccc(OC)cc2)OC1=O. The lowest BCUT2D eigenvalue weighted by Crippen LogP contribution is -2.32. The molecule has 1 aromatic rings. The third-order valence-corrected chi connectivity index (χ3v) is 3.92. The summed E-state index contributed by atoms with van der Waals surface area (Å²) in [7, 11) is 1.58. The van der Waals surface area contributed by atoms with Gasteiger partial charge in [0.15, 0.2) is 5.54 Å². The Morgan fingerprint density at radius 3 is 2.46 bits per heavy atom. The van der Waals surface area contributed by atoms with Crippen molar-refractivity contribution in [3.8, 4) is 5.75 Å². The van der Waals surface area contributed by atoms with E-state index >= 15 is 0 Å². The van der Waals surface area contributed by atoms with Crippen LogP contribution in [0.1, 0.15) is 46.1 Å². The zero-order chi connectivity index (χ0) is 19.4. The Hall–Kier alpha value is -2.63. The van der Waals surface area contributed by atoms with Crippen LogP contribution in [0, 0.1) is 0 Å². The molecular weight excluding hydrogens is 334 g/mol. The molecule has 0 bridgehead atoms. The van der Waals surface area contributed by atoms with Crippen molar-refractivity contribution in [3.63, 3.8) is 0 Å². The van der Waals surface area contributed by atoms with Crippen LogP contribution in [0.25, 0.3) is 0 Å². The van der Waals surface area contributed by atoms with E-state index in [0.717, 1.165) is 0 Å². The molecule has 0 amide bonds. The molecule has 0 saturated carbocycles. The minimum atomic E-state index is -1.02. The standard InChI is InChI=1S/C20H25NO5/c1-6-20(13-7-8-16(22)26-19(2,3)4)18(23)25-17(21-20)14-9-11-15(24-5)12-10-14/h7-12H,6,13H2,1-5H3/b8-7+/t20-/m1/s1. The number of methoxy groups -OCH3 is 1. The third kappa shape index (κ3) is 4.71. The van der Waals surface area contributed by atoms with Crippen LogP contribution in [0.5, 0.6) is 5.75 Å². The van der Waals surface area contributed by atoms with Gasteiger partial charge in [-0.05, 0) is 51.5 Å². The van der Waals surface area contributed by atoms with Crippen LogP contribution in [-0.4, -0.2) is 36.1 Å². The number of esters is 2. The molecule has 1 atom stereocenters. The van der Waals surface area contributed by atoms with Crippen LogP contribution >= 0.6 is 0 Å². The number of hydrogen-bond donors (Lipinski definition) is 0. The molecule has 0 fully saturated rings. The fourth-order valence-electron chi connectivity index (χ4n) is 2.49. The first-order valence-corrected chi connectivity index (χ1v) is 8.55. The van der Waals surface area contributed by atoms with Gasteiger partial charge >= 0.3 is 11.9 Å². The van der Waals surface area contributed by atoms with Gasteiger partial charge < -0.3 is 14.2 Å². The van der Waals surface area contributed by atoms with E-state index in [9.17, 15) is 9.59 Å². The highest BCUT2D eigenvalue weighted by Gasteiger charge is 2.43. The van der Waals surface area contributed by atoms with E-state index in [4.69, 9.17) is 14.2 Å². The van der Waals surface area contributed by atoms with E-state index in [1.165, 1.54) is 6.08 Å². The molecule has 1 aliphatic rings. The molecule has 2 rings (SSSR count). The monoisotopic (exact) mass is 359 g/mol. The van der Waals surface area contributed by atoms with Crippen LogP contribution < -0.4 is 4.74 Å². The Bertz CT molecular complexity index is 728. The van der Waals surface area contributed by atoms with Gasteiger partial charge in [-0.15, -0.1) is 0 Å². The van der Waals surface area contributed by atoms with Crippen molar-refractivity contribution in [3.05, 3.63) is 42.0 Å². The summed E-state index contributed by atoms with van der Waals surface area (Å²) < 4.78 is 15.7. The van der Waals surface area contributed by atoms with Gasteiger partial charge in [0.05, 0.1) is 7.11 Å². The lowest BCUT2D eigenvalue weighted by atomic mass is 9.93. The number of carbonyl (C=O) groups is 2. The van der Waals surface area contributed by atoms with Gasteiger partial charge in [0.2, 0.25) is 5.90 Å². The molecule has 6 nitrogen and oxygen atoms in total. The molecule has 26 heavy (non-hydrogen) atoms. The number of carbonyl (C=O) groups excluding carboxylic acids is 2. The van der Waals surface area contributed by atoms with Crippen molar-refractivity contribution in [2.75, 3.05) is 7.11 Å². The maximum Gasteiger partial charge on any atom is 0.341 e. The summed E-state index contributed by atoms with van der Waals surface area (Å²) in [5, 5.41) is 0. The highest BCUT2D eigenvalue weighted by Crippen LogP contribution is 2.31. The van der Waals surface area contributed by atoms with E-state index in [-0.39, 0.29) is 12.3 Å². The molecule has 0 N–H and O–H groups in total. The Morgan fingerprint density at radius 2 is 1.92 bits per heavy atom. The fourth-order valence-corrected chi connectivity index (χ4v) is 2.49. The lowest BCUT2D eigenvalue weighted by molar-refractivity contribution is -0.148. The minimum absolute atomic E-state index is 0.265. The first-order chi connectivity index (χ1) is 12.2. The van der Waals surface area contributed by atoms with Crippen LogP contribution in [-0.2, 0) is 19.1 Å². The smallest absolute Gasteiger partial charge is 0.341 e. The fraction of sp³-hybridized carbons (Fsp3) is 0.450. The molecule has 0 radical (unpaired) electrons. The van der Waals surface area contributed by atoms with Crippen molar-refractivity contribution in [2.45, 2.75) is 51.7 Å². The van der Waals surface area contributed by atoms with Crippen molar-refractivity contribution in [1.29, 1.82) is 0 Å². The second kappa shape index (κ2) is 7.72. The van der Waals surface area contributed by atoms with Crippen LogP contribution in [0.4, 0.5) is 0 Å². The first-order valence-electron chi connectivity index (χ1n) is 8.55. The molecule has 0 spiro atoms. The Morgan fingerprint density at radius 1 is 1.27 bits per heavy atom. The maximum atomic E-state index is 12.4. The molecule has 6 heteroatoms. The molecule has 1 aliphatic heterocycles. The second-order valence-corrected chi connectivity index (χ2v) is 7.06. The van der Waals surface area contributed by atoms with Crippen LogP contribution in [0.2, 0.25) is 0 Å². The van der Waals surface area contributed by atoms with Gasteiger partial charge in [-0.25, -0.2) is 14.6 Å². The van der Waals surface area contributed by atoms with Gasteiger partial charge in [-0.3, -0.25) is 0 Å². The van der Waals surface area contributed by atoms with Gasteiger partial charge in [0.1, 0.15) is 11.4 Å². The molecule has 0 aromatic heterocycles. The molecule has 0 aliphatic carbocycles. The highest BCUT2D eigenvalue weighted by atomic mass is 16.6. The number of benzene rings is 1. The average molecular weight is 359 g/mol. The average Bonchev–Trinajstić information content (AvgIpc) is 2.90. The zero-order valence-electron chi connectivity index (χ0n) is 15.9. The van der Waals surface area contributed by atoms with Gasteiger partial charge in [-0.1, -0.05) is 13.0 Å². The van der Waals surface area contributed by atoms with Gasteiger partial charge in [0.25, 0.3) is 0 Å². The van der Waals surface area contributed by atoms with E-state index in [1.807, 2.05) is 6.92 Å². The molecule has 1 heterocycles. The minimum Gasteiger partial charge on any atom is -0.497 e. The number of aliphatic imine (C=N–C) groups is 1. The Labute approximate surface area is 153 Å². The highest BCUT2D eigenvalue weighted by molar-refractivity contribution is 6.08. The number of hydrogen-bond acceptors (Lipinski definition) is 6. The summed E-state index contributed by atoms with van der Waals surface area (Å²) in [5.41, 5.74) is -0.880. The summed E-state index contributed by atoms with van der Waals surface area (Å²) in [4.78, 5) is 28.7. The molecule has 140 valence electrons. The van der Waals surface area contributed by atoms with Crippen molar-refractivity contribution in [1.82, 2.24) is 0 Å². The van der Waals surface area contributed by atoms with Gasteiger partial charge in [-0.2, -0.15) is 0 Å². The molecule has 0 unspecified atom stereocenters. The van der Waals surface area contributed by atoms with Crippen LogP contribution in [0.15, 0.2) is 41.4 Å². The number of rotatable bonds is 6. The van der Waals surface area contributed by atoms with Crippen molar-refractivity contribution >= 4 is 17.8 Å². The van der Waals surface area contributed by atoms with E-state index < -0.39 is 23.1 Å². The quantitative estimate of drug-likeness (QED) is 0.575. The number of cyclic esters (lactones) is 1. The maximum absolute atomic E-state index is 12.4. The summed E-state index contributed by atoms with van der Waals surface area (Å²) in [6.07, 6.45) is 3.67. The molecule has 1 aromatic carbocycles. The third-order valence-electron chi connectivity index (χ3n) is 3.92. The van der Waals surface area contributed by atoms with E-state index in [2.05, 4.69) is 4.99 Å². The summed E-state index contributed by atoms with van der Waals surface area (Å²) in [6, 6.07) is 7.13. The van der Waals surface area contributed by atoms with E-state index in [1.54, 1.807) is 58.2 Å². The Balaban J connectivity index is 2.14. The van der Waals surface area contributed by atoms with Crippen LogP contribution in [0.3, 0.4) is 0 Å². The predicted octanol–water partition coefficient (Wildman–Crippen LogP) is 3.44. The number of ether oxygens (including phenoxy) is 3. The lowest BCUT2D eigenvalue weighted by Gasteiger charge is -2.19. The van der Waals surface area contributed by atoms with Gasteiger partial charge in [0, 0.05) is 18.1 Å². The normalized spacial score (nSPS) is 20.0.